The number of rotatable bonds is 7. The molecule has 3 aliphatic rings. The molecule has 10 nitrogen and oxygen atoms in total. The van der Waals surface area contributed by atoms with Crippen molar-refractivity contribution in [3.05, 3.63) is 46.1 Å². The maximum atomic E-state index is 14.0. The van der Waals surface area contributed by atoms with Crippen LogP contribution in [0.5, 0.6) is 0 Å². The summed E-state index contributed by atoms with van der Waals surface area (Å²) in [6.45, 7) is 9.38. The molecule has 0 aromatic carbocycles. The largest absolute Gasteiger partial charge is 0.433 e. The molecule has 2 unspecified atom stereocenters. The first-order chi connectivity index (χ1) is 21.5. The number of fused-ring (bicyclic) bond motifs is 2. The summed E-state index contributed by atoms with van der Waals surface area (Å²) < 4.78 is 42.5. The first-order valence-corrected chi connectivity index (χ1v) is 16.0. The van der Waals surface area contributed by atoms with E-state index < -0.39 is 23.8 Å². The highest BCUT2D eigenvalue weighted by atomic mass is 32.1. The zero-order chi connectivity index (χ0) is 33.5. The van der Waals surface area contributed by atoms with Gasteiger partial charge in [-0.25, -0.2) is 4.98 Å². The van der Waals surface area contributed by atoms with Gasteiger partial charge in [0.25, 0.3) is 5.91 Å². The number of hydrogen-bond donors (Lipinski definition) is 2. The summed E-state index contributed by atoms with van der Waals surface area (Å²) in [5, 5.41) is 2.88. The van der Waals surface area contributed by atoms with Crippen LogP contribution in [0.2, 0.25) is 0 Å². The number of halogens is 3. The maximum Gasteiger partial charge on any atom is 0.433 e. The summed E-state index contributed by atoms with van der Waals surface area (Å²) >= 11 is 1.20. The molecule has 3 fully saturated rings. The predicted molar refractivity (Wildman–Crippen MR) is 164 cm³/mol. The average Bonchev–Trinajstić information content (AvgIpc) is 3.38. The number of nitrogens with two attached hydrogens (primary N) is 1. The molecule has 1 saturated carbocycles. The number of piperidine rings is 1. The van der Waals surface area contributed by atoms with E-state index in [1.165, 1.54) is 40.3 Å². The van der Waals surface area contributed by atoms with Gasteiger partial charge in [0.15, 0.2) is 0 Å². The minimum Gasteiger partial charge on any atom is -0.350 e. The maximum absolute atomic E-state index is 14.0. The monoisotopic (exact) mass is 656 g/mol. The summed E-state index contributed by atoms with van der Waals surface area (Å²) in [5.41, 5.74) is 5.21. The van der Waals surface area contributed by atoms with Crippen molar-refractivity contribution in [2.45, 2.75) is 65.8 Å². The molecule has 0 radical (unpaired) electrons. The Hall–Kier alpha value is -3.91. The van der Waals surface area contributed by atoms with Gasteiger partial charge in [-0.15, -0.1) is 11.3 Å². The summed E-state index contributed by atoms with van der Waals surface area (Å²) in [4.78, 5) is 64.2. The van der Waals surface area contributed by atoms with Crippen LogP contribution in [0.1, 0.15) is 60.6 Å². The van der Waals surface area contributed by atoms with Crippen LogP contribution in [0.3, 0.4) is 0 Å². The lowest BCUT2D eigenvalue weighted by Crippen LogP contribution is -2.48. The van der Waals surface area contributed by atoms with E-state index in [0.717, 1.165) is 6.07 Å². The lowest BCUT2D eigenvalue weighted by Gasteiger charge is -2.22. The minimum absolute atomic E-state index is 0.0218. The van der Waals surface area contributed by atoms with Crippen molar-refractivity contribution >= 4 is 45.2 Å². The van der Waals surface area contributed by atoms with E-state index >= 15 is 0 Å². The third kappa shape index (κ3) is 5.34. The molecule has 3 aromatic heterocycles. The van der Waals surface area contributed by atoms with E-state index in [1.54, 1.807) is 6.07 Å². The van der Waals surface area contributed by atoms with Crippen LogP contribution in [0.4, 0.5) is 13.2 Å². The van der Waals surface area contributed by atoms with Crippen LogP contribution in [0.15, 0.2) is 24.4 Å². The number of alkyl halides is 3. The first-order valence-electron chi connectivity index (χ1n) is 15.2. The van der Waals surface area contributed by atoms with Crippen LogP contribution in [0.25, 0.3) is 21.5 Å². The number of likely N-dealkylation sites (tertiary alicyclic amines) is 2. The zero-order valence-corrected chi connectivity index (χ0v) is 26.9. The molecular weight excluding hydrogens is 621 g/mol. The smallest absolute Gasteiger partial charge is 0.350 e. The van der Waals surface area contributed by atoms with Gasteiger partial charge in [0, 0.05) is 35.8 Å². The Kier molecular flexibility index (Phi) is 7.74. The molecule has 14 heteroatoms. The molecule has 3 N–H and O–H groups in total. The van der Waals surface area contributed by atoms with Gasteiger partial charge in [-0.3, -0.25) is 29.1 Å². The minimum atomic E-state index is -4.77. The van der Waals surface area contributed by atoms with Crippen LogP contribution >= 0.6 is 11.3 Å². The van der Waals surface area contributed by atoms with E-state index in [1.807, 2.05) is 27.7 Å². The number of nitrogens with zero attached hydrogens (tertiary/aromatic N) is 4. The van der Waals surface area contributed by atoms with Gasteiger partial charge in [0.05, 0.1) is 45.9 Å². The van der Waals surface area contributed by atoms with Crippen molar-refractivity contribution < 1.29 is 32.3 Å². The second-order valence-electron chi connectivity index (χ2n) is 13.4. The van der Waals surface area contributed by atoms with Gasteiger partial charge < -0.3 is 16.0 Å². The van der Waals surface area contributed by atoms with E-state index in [4.69, 9.17) is 5.73 Å². The molecule has 0 bridgehead atoms. The first kappa shape index (κ1) is 32.0. The molecule has 6 rings (SSSR count). The highest BCUT2D eigenvalue weighted by Crippen LogP contribution is 2.63. The number of imide groups is 1. The van der Waals surface area contributed by atoms with Crippen molar-refractivity contribution in [3.8, 4) is 11.3 Å². The Morgan fingerprint density at radius 2 is 1.85 bits per heavy atom. The topological polar surface area (TPSA) is 139 Å². The van der Waals surface area contributed by atoms with Gasteiger partial charge >= 0.3 is 6.18 Å². The normalized spacial score (nSPS) is 23.0. The molecule has 0 spiro atoms. The fourth-order valence-electron chi connectivity index (χ4n) is 6.67. The summed E-state index contributed by atoms with van der Waals surface area (Å²) in [7, 11) is 0. The number of pyridine rings is 2. The predicted octanol–water partition coefficient (Wildman–Crippen LogP) is 4.14. The van der Waals surface area contributed by atoms with Crippen molar-refractivity contribution in [3.63, 3.8) is 0 Å². The van der Waals surface area contributed by atoms with Crippen molar-refractivity contribution in [2.24, 2.45) is 28.9 Å². The van der Waals surface area contributed by atoms with E-state index in [9.17, 15) is 32.3 Å². The average molecular weight is 657 g/mol. The van der Waals surface area contributed by atoms with Gasteiger partial charge in [0.1, 0.15) is 5.69 Å². The number of carbonyl (C=O) groups excluding carboxylic acids is 4. The molecule has 4 atom stereocenters. The molecule has 46 heavy (non-hydrogen) atoms. The highest BCUT2D eigenvalue weighted by Gasteiger charge is 2.72. The van der Waals surface area contributed by atoms with Gasteiger partial charge in [-0.2, -0.15) is 13.2 Å². The second-order valence-corrected chi connectivity index (χ2v) is 14.5. The molecule has 2 saturated heterocycles. The van der Waals surface area contributed by atoms with Crippen LogP contribution in [0, 0.1) is 30.1 Å². The lowest BCUT2D eigenvalue weighted by molar-refractivity contribution is -0.144. The Morgan fingerprint density at radius 3 is 2.48 bits per heavy atom. The summed E-state index contributed by atoms with van der Waals surface area (Å²) in [6, 6.07) is 3.03. The van der Waals surface area contributed by atoms with Gasteiger partial charge in [-0.1, -0.05) is 27.7 Å². The molecule has 4 amide bonds. The van der Waals surface area contributed by atoms with Crippen LogP contribution < -0.4 is 11.1 Å². The Bertz CT molecular complexity index is 1760. The Balaban J connectivity index is 1.34. The number of thiophene rings is 1. The number of aryl methyl sites for hydroxylation is 1. The quantitative estimate of drug-likeness (QED) is 0.365. The van der Waals surface area contributed by atoms with Crippen molar-refractivity contribution in [1.82, 2.24) is 25.1 Å². The third-order valence-corrected chi connectivity index (χ3v) is 10.6. The fraction of sp³-hybridized carbons (Fsp3) is 0.500. The molecule has 3 aromatic rings. The molecular formula is C32H35F3N6O4S. The molecule has 2 aliphatic heterocycles. The van der Waals surface area contributed by atoms with E-state index in [-0.39, 0.29) is 89.0 Å². The number of amides is 4. The van der Waals surface area contributed by atoms with Crippen molar-refractivity contribution in [2.75, 3.05) is 13.1 Å². The highest BCUT2D eigenvalue weighted by molar-refractivity contribution is 7.19. The van der Waals surface area contributed by atoms with Crippen molar-refractivity contribution in [1.29, 1.82) is 0 Å². The lowest BCUT2D eigenvalue weighted by atomic mass is 9.99. The standard InChI is InChI=1S/C32H35F3N6O4S/c1-14(2)24(36)27(42)38-16-7-9-40(12-16)28(43)21-15(3)10-20(32(33,34)35)39-25(21)18-6-8-37-19-11-17(46-26(18)19)13-41-29(44)22-23(30(41)45)31(22,4)5/h6,8,10-11,14,16,22-24H,7,9,12-13,36H2,1-5H3,(H,38,42)/t16-,22?,23?,24-/m0/s1. The zero-order valence-electron chi connectivity index (χ0n) is 26.1. The SMILES string of the molecule is Cc1cc(C(F)(F)F)nc(-c2ccnc3cc(CN4C(=O)C5C(C4=O)C5(C)C)sc23)c1C(=O)N1CC[C@H](NC(=O)[C@@H](N)C(C)C)C1. The molecule has 5 heterocycles. The van der Waals surface area contributed by atoms with Crippen LogP contribution in [-0.2, 0) is 27.1 Å². The Morgan fingerprint density at radius 1 is 1.17 bits per heavy atom. The third-order valence-electron chi connectivity index (χ3n) is 9.49. The second kappa shape index (κ2) is 11.1. The molecule has 1 aliphatic carbocycles. The number of carbonyl (C=O) groups is 4. The number of aromatic nitrogens is 2. The number of hydrogen-bond acceptors (Lipinski definition) is 8. The Labute approximate surface area is 267 Å². The summed E-state index contributed by atoms with van der Waals surface area (Å²) in [6.07, 6.45) is -2.87. The van der Waals surface area contributed by atoms with Crippen LogP contribution in [-0.4, -0.2) is 68.6 Å². The van der Waals surface area contributed by atoms with Gasteiger partial charge in [-0.05, 0) is 48.4 Å². The summed E-state index contributed by atoms with van der Waals surface area (Å²) in [5.74, 6) is -2.02. The van der Waals surface area contributed by atoms with E-state index in [2.05, 4.69) is 15.3 Å². The van der Waals surface area contributed by atoms with E-state index in [0.29, 0.717) is 21.5 Å². The van der Waals surface area contributed by atoms with Gasteiger partial charge in [0.2, 0.25) is 17.7 Å². The molecule has 244 valence electrons. The fourth-order valence-corrected chi connectivity index (χ4v) is 7.79. The number of nitrogens with one attached hydrogen (secondary N) is 1.